The lowest BCUT2D eigenvalue weighted by Crippen LogP contribution is -2.53. The number of oxime groups is 1. The van der Waals surface area contributed by atoms with Gasteiger partial charge in [0.1, 0.15) is 6.61 Å². The minimum absolute atomic E-state index is 0. The van der Waals surface area contributed by atoms with E-state index in [0.29, 0.717) is 18.1 Å². The topological polar surface area (TPSA) is 64.5 Å². The number of fused-ring (bicyclic) bond motifs is 3. The third-order valence-corrected chi connectivity index (χ3v) is 8.03. The molecule has 2 N–H and O–H groups in total. The Labute approximate surface area is 210 Å². The van der Waals surface area contributed by atoms with Gasteiger partial charge in [0.2, 0.25) is 0 Å². The average Bonchev–Trinajstić information content (AvgIpc) is 3.13. The molecule has 5 rings (SSSR count). The summed E-state index contributed by atoms with van der Waals surface area (Å²) in [5.74, 6) is 1.12. The normalized spacial score (nSPS) is 24.6. The van der Waals surface area contributed by atoms with Gasteiger partial charge in [-0.25, -0.2) is 0 Å². The Hall–Kier alpha value is -1.31. The summed E-state index contributed by atoms with van der Waals surface area (Å²) in [6, 6.07) is 9.45. The van der Waals surface area contributed by atoms with Crippen LogP contribution in [0.2, 0.25) is 0 Å². The highest BCUT2D eigenvalue weighted by atomic mass is 35.5. The number of likely N-dealkylation sites (N-methyl/N-ethyl adjacent to an activating group) is 1. The van der Waals surface area contributed by atoms with Gasteiger partial charge >= 0.3 is 0 Å². The summed E-state index contributed by atoms with van der Waals surface area (Å²) < 4.78 is 2.47. The molecule has 33 heavy (non-hydrogen) atoms. The molecule has 1 saturated heterocycles. The number of hydrogen-bond acceptors (Lipinski definition) is 4. The Morgan fingerprint density at radius 2 is 1.88 bits per heavy atom. The number of para-hydroxylation sites is 1. The second kappa shape index (κ2) is 11.4. The highest BCUT2D eigenvalue weighted by Crippen LogP contribution is 2.57. The van der Waals surface area contributed by atoms with Crippen molar-refractivity contribution in [3.8, 4) is 0 Å². The van der Waals surface area contributed by atoms with Gasteiger partial charge < -0.3 is 15.2 Å². The molecular weight excluding hydrogens is 459 g/mol. The summed E-state index contributed by atoms with van der Waals surface area (Å²) in [6.45, 7) is 12.9. The molecule has 1 aromatic carbocycles. The predicted octanol–water partition coefficient (Wildman–Crippen LogP) is 4.67. The van der Waals surface area contributed by atoms with Gasteiger partial charge in [-0.15, -0.1) is 24.8 Å². The average molecular weight is 500 g/mol. The minimum atomic E-state index is 0. The van der Waals surface area contributed by atoms with Crippen LogP contribution in [0.5, 0.6) is 0 Å². The molecule has 0 saturated carbocycles. The molecule has 0 amide bonds. The van der Waals surface area contributed by atoms with Crippen LogP contribution in [-0.4, -0.2) is 65.0 Å². The fourth-order valence-electron chi connectivity index (χ4n) is 6.38. The second-order valence-corrected chi connectivity index (χ2v) is 9.27. The van der Waals surface area contributed by atoms with Gasteiger partial charge in [0.15, 0.2) is 5.84 Å². The number of rotatable bonds is 7. The van der Waals surface area contributed by atoms with Gasteiger partial charge in [-0.05, 0) is 62.4 Å². The van der Waals surface area contributed by atoms with E-state index in [2.05, 4.69) is 59.4 Å². The number of hydrogen-bond donors (Lipinski definition) is 0. The molecule has 186 valence electrons. The van der Waals surface area contributed by atoms with Gasteiger partial charge in [-0.2, -0.15) is 0 Å². The molecule has 1 fully saturated rings. The molecule has 2 aromatic rings. The van der Waals surface area contributed by atoms with E-state index in [0.717, 1.165) is 38.3 Å². The predicted molar refractivity (Wildman–Crippen MR) is 141 cm³/mol. The van der Waals surface area contributed by atoms with Gasteiger partial charge in [0.05, 0.1) is 11.6 Å². The molecule has 6 nitrogen and oxygen atoms in total. The SMILES string of the molecule is CCN(CC)CCO/N=C1/C[C@]2(CC)CCCN3CCc4c(n1c1ccccc41)[C@@H]32.Cl.Cl.O. The number of nitrogens with zero attached hydrogens (tertiary/aromatic N) is 4. The fraction of sp³-hybridized carbons (Fsp3) is 0.640. The molecule has 8 heteroatoms. The lowest BCUT2D eigenvalue weighted by molar-refractivity contribution is -0.00496. The molecule has 0 spiro atoms. The monoisotopic (exact) mass is 498 g/mol. The first-order chi connectivity index (χ1) is 14.7. The third kappa shape index (κ3) is 4.53. The van der Waals surface area contributed by atoms with Gasteiger partial charge in [-0.1, -0.05) is 44.1 Å². The Kier molecular flexibility index (Phi) is 9.66. The Morgan fingerprint density at radius 3 is 2.61 bits per heavy atom. The van der Waals surface area contributed by atoms with Crippen molar-refractivity contribution in [3.63, 3.8) is 0 Å². The van der Waals surface area contributed by atoms with E-state index in [1.165, 1.54) is 48.9 Å². The number of aromatic nitrogens is 1. The van der Waals surface area contributed by atoms with Crippen molar-refractivity contribution in [2.45, 2.75) is 58.9 Å². The van der Waals surface area contributed by atoms with Crippen LogP contribution >= 0.6 is 24.8 Å². The lowest BCUT2D eigenvalue weighted by atomic mass is 9.64. The van der Waals surface area contributed by atoms with Crippen molar-refractivity contribution in [1.29, 1.82) is 0 Å². The van der Waals surface area contributed by atoms with E-state index in [1.807, 2.05) is 0 Å². The van der Waals surface area contributed by atoms with Crippen LogP contribution in [-0.2, 0) is 11.3 Å². The maximum atomic E-state index is 5.95. The van der Waals surface area contributed by atoms with Crippen LogP contribution in [0, 0.1) is 5.41 Å². The molecule has 3 aliphatic heterocycles. The molecule has 3 aliphatic rings. The van der Waals surface area contributed by atoms with Crippen LogP contribution in [0.1, 0.15) is 63.8 Å². The summed E-state index contributed by atoms with van der Waals surface area (Å²) in [5.41, 5.74) is 4.67. The van der Waals surface area contributed by atoms with Crippen molar-refractivity contribution < 1.29 is 10.3 Å². The smallest absolute Gasteiger partial charge is 0.153 e. The van der Waals surface area contributed by atoms with Crippen molar-refractivity contribution in [2.75, 3.05) is 39.3 Å². The number of benzene rings is 1. The summed E-state index contributed by atoms with van der Waals surface area (Å²) >= 11 is 0. The van der Waals surface area contributed by atoms with Crippen molar-refractivity contribution in [3.05, 3.63) is 35.5 Å². The summed E-state index contributed by atoms with van der Waals surface area (Å²) in [6.07, 6.45) is 5.96. The van der Waals surface area contributed by atoms with E-state index in [4.69, 9.17) is 9.99 Å². The third-order valence-electron chi connectivity index (χ3n) is 8.03. The van der Waals surface area contributed by atoms with E-state index in [9.17, 15) is 0 Å². The molecule has 0 bridgehead atoms. The van der Waals surface area contributed by atoms with Crippen molar-refractivity contribution >= 4 is 41.6 Å². The molecule has 4 heterocycles. The van der Waals surface area contributed by atoms with Crippen LogP contribution < -0.4 is 0 Å². The zero-order valence-corrected chi connectivity index (χ0v) is 21.8. The quantitative estimate of drug-likeness (QED) is 0.411. The molecule has 2 atom stereocenters. The molecule has 1 aromatic heterocycles. The first-order valence-electron chi connectivity index (χ1n) is 12.0. The van der Waals surface area contributed by atoms with Crippen molar-refractivity contribution in [1.82, 2.24) is 14.4 Å². The van der Waals surface area contributed by atoms with Gasteiger partial charge in [0, 0.05) is 30.6 Å². The lowest BCUT2D eigenvalue weighted by Gasteiger charge is -2.55. The van der Waals surface area contributed by atoms with E-state index in [-0.39, 0.29) is 30.3 Å². The van der Waals surface area contributed by atoms with E-state index >= 15 is 0 Å². The summed E-state index contributed by atoms with van der Waals surface area (Å²) in [4.78, 5) is 11.1. The minimum Gasteiger partial charge on any atom is -0.412 e. The number of halogens is 2. The number of piperidine rings is 1. The zero-order valence-electron chi connectivity index (χ0n) is 20.2. The first-order valence-corrected chi connectivity index (χ1v) is 12.0. The van der Waals surface area contributed by atoms with Crippen LogP contribution in [0.15, 0.2) is 29.4 Å². The standard InChI is InChI=1S/C25H36N4O.2ClH.H2O/c1-4-25-13-9-14-28-15-12-20-19-10-7-8-11-21(19)29(23(20)24(25)28)22(18-25)26-30-17-16-27(5-2)6-3;;;/h7-8,10-11,24H,4-6,9,12-18H2,1-3H3;2*1H;1H2/b26-22-;;;/t24-,25+;;;/m1.../s1. The molecule has 0 radical (unpaired) electrons. The van der Waals surface area contributed by atoms with Crippen LogP contribution in [0.25, 0.3) is 10.9 Å². The van der Waals surface area contributed by atoms with Crippen LogP contribution in [0.4, 0.5) is 0 Å². The summed E-state index contributed by atoms with van der Waals surface area (Å²) in [7, 11) is 0. The second-order valence-electron chi connectivity index (χ2n) is 9.27. The molecule has 0 aliphatic carbocycles. The zero-order chi connectivity index (χ0) is 20.7. The highest BCUT2D eigenvalue weighted by molar-refractivity contribution is 6.00. The van der Waals surface area contributed by atoms with E-state index in [1.54, 1.807) is 5.56 Å². The summed E-state index contributed by atoms with van der Waals surface area (Å²) in [5, 5.41) is 6.21. The van der Waals surface area contributed by atoms with Crippen LogP contribution in [0.3, 0.4) is 0 Å². The largest absolute Gasteiger partial charge is 0.412 e. The maximum Gasteiger partial charge on any atom is 0.153 e. The molecule has 0 unspecified atom stereocenters. The molecular formula is C25H40Cl2N4O2. The Morgan fingerprint density at radius 1 is 1.12 bits per heavy atom. The highest BCUT2D eigenvalue weighted by Gasteiger charge is 2.52. The Balaban J connectivity index is 0.00000128. The Bertz CT molecular complexity index is 959. The van der Waals surface area contributed by atoms with E-state index < -0.39 is 0 Å². The van der Waals surface area contributed by atoms with Gasteiger partial charge in [0.25, 0.3) is 0 Å². The van der Waals surface area contributed by atoms with Crippen molar-refractivity contribution in [2.24, 2.45) is 10.6 Å². The fourth-order valence-corrected chi connectivity index (χ4v) is 6.38. The van der Waals surface area contributed by atoms with Gasteiger partial charge in [-0.3, -0.25) is 9.47 Å². The maximum absolute atomic E-state index is 5.95. The first kappa shape index (κ1) is 27.9.